The molecule has 2 N–H and O–H groups in total. The van der Waals surface area contributed by atoms with Crippen LogP contribution in [0, 0.1) is 11.3 Å². The fourth-order valence-electron chi connectivity index (χ4n) is 2.27. The Hall–Kier alpha value is -2.95. The number of amides is 1. The molecule has 1 fully saturated rings. The quantitative estimate of drug-likeness (QED) is 0.767. The fourth-order valence-corrected chi connectivity index (χ4v) is 3.57. The van der Waals surface area contributed by atoms with Crippen LogP contribution in [0.4, 0.5) is 5.69 Å². The van der Waals surface area contributed by atoms with Gasteiger partial charge in [0.25, 0.3) is 0 Å². The standard InChI is InChI=1S/C19H17N3O3S/c20-13-15-2-1-3-17(12-15)21-19(23)11-6-14-4-9-18(10-5-14)26(24,25)22-16-7-8-16/h1-6,9-12,16,22H,7-8H2,(H,21,23)/b11-6+. The number of anilines is 1. The second-order valence-corrected chi connectivity index (χ2v) is 7.69. The van der Waals surface area contributed by atoms with Crippen molar-refractivity contribution in [2.24, 2.45) is 0 Å². The molecule has 2 aromatic rings. The van der Waals surface area contributed by atoms with E-state index in [1.165, 1.54) is 18.2 Å². The Morgan fingerprint density at radius 3 is 2.54 bits per heavy atom. The van der Waals surface area contributed by atoms with E-state index in [-0.39, 0.29) is 16.8 Å². The summed E-state index contributed by atoms with van der Waals surface area (Å²) in [5, 5.41) is 11.5. The average molecular weight is 367 g/mol. The highest BCUT2D eigenvalue weighted by molar-refractivity contribution is 7.89. The van der Waals surface area contributed by atoms with E-state index in [2.05, 4.69) is 10.0 Å². The molecular weight excluding hydrogens is 350 g/mol. The summed E-state index contributed by atoms with van der Waals surface area (Å²) < 4.78 is 26.8. The maximum Gasteiger partial charge on any atom is 0.248 e. The van der Waals surface area contributed by atoms with E-state index in [0.29, 0.717) is 16.8 Å². The first kappa shape index (κ1) is 17.9. The molecule has 0 heterocycles. The number of rotatable bonds is 6. The van der Waals surface area contributed by atoms with Crippen LogP contribution in [0.15, 0.2) is 59.5 Å². The molecule has 1 amide bonds. The Balaban J connectivity index is 1.62. The summed E-state index contributed by atoms with van der Waals surface area (Å²) in [6, 6.07) is 15.0. The minimum atomic E-state index is -3.47. The molecule has 7 heteroatoms. The molecule has 0 radical (unpaired) electrons. The third-order valence-electron chi connectivity index (χ3n) is 3.78. The van der Waals surface area contributed by atoms with E-state index >= 15 is 0 Å². The van der Waals surface area contributed by atoms with Gasteiger partial charge in [0.15, 0.2) is 0 Å². The van der Waals surface area contributed by atoms with Gasteiger partial charge in [-0.25, -0.2) is 13.1 Å². The van der Waals surface area contributed by atoms with E-state index in [0.717, 1.165) is 12.8 Å². The highest BCUT2D eigenvalue weighted by Gasteiger charge is 2.27. The van der Waals surface area contributed by atoms with Gasteiger partial charge in [-0.1, -0.05) is 18.2 Å². The molecular formula is C19H17N3O3S. The van der Waals surface area contributed by atoms with Crippen molar-refractivity contribution < 1.29 is 13.2 Å². The number of nitrogens with zero attached hydrogens (tertiary/aromatic N) is 1. The predicted octanol–water partition coefficient (Wildman–Crippen LogP) is 2.65. The summed E-state index contributed by atoms with van der Waals surface area (Å²) in [5.41, 5.74) is 1.70. The maximum absolute atomic E-state index is 12.1. The van der Waals surface area contributed by atoms with Crippen LogP contribution in [0.5, 0.6) is 0 Å². The van der Waals surface area contributed by atoms with Crippen LogP contribution < -0.4 is 10.0 Å². The molecule has 0 spiro atoms. The Morgan fingerprint density at radius 1 is 1.15 bits per heavy atom. The zero-order valence-corrected chi connectivity index (χ0v) is 14.7. The lowest BCUT2D eigenvalue weighted by atomic mass is 10.2. The summed E-state index contributed by atoms with van der Waals surface area (Å²) >= 11 is 0. The lowest BCUT2D eigenvalue weighted by molar-refractivity contribution is -0.111. The molecule has 1 aliphatic rings. The highest BCUT2D eigenvalue weighted by Crippen LogP contribution is 2.22. The monoisotopic (exact) mass is 367 g/mol. The fraction of sp³-hybridized carbons (Fsp3) is 0.158. The van der Waals surface area contributed by atoms with E-state index in [1.54, 1.807) is 42.5 Å². The van der Waals surface area contributed by atoms with Gasteiger partial charge in [0.2, 0.25) is 15.9 Å². The van der Waals surface area contributed by atoms with Gasteiger partial charge in [-0.05, 0) is 54.8 Å². The largest absolute Gasteiger partial charge is 0.322 e. The molecule has 3 rings (SSSR count). The van der Waals surface area contributed by atoms with Crippen molar-refractivity contribution in [1.29, 1.82) is 5.26 Å². The zero-order valence-electron chi connectivity index (χ0n) is 13.8. The predicted molar refractivity (Wildman–Crippen MR) is 98.6 cm³/mol. The average Bonchev–Trinajstić information content (AvgIpc) is 3.44. The molecule has 26 heavy (non-hydrogen) atoms. The lowest BCUT2D eigenvalue weighted by Crippen LogP contribution is -2.25. The number of nitriles is 1. The molecule has 1 saturated carbocycles. The SMILES string of the molecule is N#Cc1cccc(NC(=O)/C=C/c2ccc(S(=O)(=O)NC3CC3)cc2)c1. The summed E-state index contributed by atoms with van der Waals surface area (Å²) in [5.74, 6) is -0.341. The third kappa shape index (κ3) is 4.79. The molecule has 2 aromatic carbocycles. The van der Waals surface area contributed by atoms with Crippen LogP contribution in [0.25, 0.3) is 6.08 Å². The van der Waals surface area contributed by atoms with Crippen molar-refractivity contribution >= 4 is 27.7 Å². The summed E-state index contributed by atoms with van der Waals surface area (Å²) in [7, 11) is -3.47. The van der Waals surface area contributed by atoms with E-state index in [1.807, 2.05) is 6.07 Å². The summed E-state index contributed by atoms with van der Waals surface area (Å²) in [6.07, 6.45) is 4.71. The van der Waals surface area contributed by atoms with Crippen molar-refractivity contribution in [3.8, 4) is 6.07 Å². The van der Waals surface area contributed by atoms with Crippen LogP contribution in [-0.2, 0) is 14.8 Å². The number of hydrogen-bond donors (Lipinski definition) is 2. The molecule has 1 aliphatic carbocycles. The lowest BCUT2D eigenvalue weighted by Gasteiger charge is -2.05. The smallest absolute Gasteiger partial charge is 0.248 e. The molecule has 6 nitrogen and oxygen atoms in total. The molecule has 0 saturated heterocycles. The first-order chi connectivity index (χ1) is 12.5. The van der Waals surface area contributed by atoms with Crippen LogP contribution in [0.1, 0.15) is 24.0 Å². The Labute approximate surface area is 152 Å². The molecule has 0 unspecified atom stereocenters. The third-order valence-corrected chi connectivity index (χ3v) is 5.31. The molecule has 0 bridgehead atoms. The van der Waals surface area contributed by atoms with Crippen molar-refractivity contribution in [3.05, 3.63) is 65.7 Å². The number of benzene rings is 2. The minimum Gasteiger partial charge on any atom is -0.322 e. The van der Waals surface area contributed by atoms with Crippen LogP contribution >= 0.6 is 0 Å². The van der Waals surface area contributed by atoms with Crippen molar-refractivity contribution in [3.63, 3.8) is 0 Å². The van der Waals surface area contributed by atoms with Crippen LogP contribution in [-0.4, -0.2) is 20.4 Å². The van der Waals surface area contributed by atoms with E-state index in [9.17, 15) is 13.2 Å². The minimum absolute atomic E-state index is 0.0582. The molecule has 0 atom stereocenters. The Bertz CT molecular complexity index is 985. The zero-order chi connectivity index (χ0) is 18.6. The summed E-state index contributed by atoms with van der Waals surface area (Å²) in [4.78, 5) is 12.2. The number of sulfonamides is 1. The first-order valence-electron chi connectivity index (χ1n) is 8.08. The highest BCUT2D eigenvalue weighted by atomic mass is 32.2. The second-order valence-electron chi connectivity index (χ2n) is 5.98. The first-order valence-corrected chi connectivity index (χ1v) is 9.56. The van der Waals surface area contributed by atoms with Gasteiger partial charge < -0.3 is 5.32 Å². The Morgan fingerprint density at radius 2 is 1.88 bits per heavy atom. The maximum atomic E-state index is 12.1. The van der Waals surface area contributed by atoms with Gasteiger partial charge >= 0.3 is 0 Å². The normalized spacial score (nSPS) is 14.1. The number of nitrogens with one attached hydrogen (secondary N) is 2. The second kappa shape index (κ2) is 7.52. The van der Waals surface area contributed by atoms with E-state index < -0.39 is 10.0 Å². The van der Waals surface area contributed by atoms with Crippen LogP contribution in [0.3, 0.4) is 0 Å². The van der Waals surface area contributed by atoms with Gasteiger partial charge in [0.05, 0.1) is 16.5 Å². The van der Waals surface area contributed by atoms with Gasteiger partial charge in [-0.2, -0.15) is 5.26 Å². The number of carbonyl (C=O) groups is 1. The summed E-state index contributed by atoms with van der Waals surface area (Å²) in [6.45, 7) is 0. The van der Waals surface area contributed by atoms with Gasteiger partial charge in [-0.3, -0.25) is 4.79 Å². The van der Waals surface area contributed by atoms with Gasteiger partial charge in [0, 0.05) is 17.8 Å². The Kier molecular flexibility index (Phi) is 5.16. The van der Waals surface area contributed by atoms with Crippen molar-refractivity contribution in [1.82, 2.24) is 4.72 Å². The molecule has 132 valence electrons. The van der Waals surface area contributed by atoms with Gasteiger partial charge in [-0.15, -0.1) is 0 Å². The topological polar surface area (TPSA) is 99.1 Å². The van der Waals surface area contributed by atoms with E-state index in [4.69, 9.17) is 5.26 Å². The number of hydrogen-bond acceptors (Lipinski definition) is 4. The molecule has 0 aliphatic heterocycles. The van der Waals surface area contributed by atoms with Crippen LogP contribution in [0.2, 0.25) is 0 Å². The van der Waals surface area contributed by atoms with Crippen molar-refractivity contribution in [2.45, 2.75) is 23.8 Å². The number of carbonyl (C=O) groups excluding carboxylic acids is 1. The molecule has 0 aromatic heterocycles. The van der Waals surface area contributed by atoms with Crippen molar-refractivity contribution in [2.75, 3.05) is 5.32 Å². The van der Waals surface area contributed by atoms with Gasteiger partial charge in [0.1, 0.15) is 0 Å².